The van der Waals surface area contributed by atoms with Crippen LogP contribution in [0.3, 0.4) is 0 Å². The topological polar surface area (TPSA) is 58.6 Å². The maximum absolute atomic E-state index is 12.3. The van der Waals surface area contributed by atoms with Gasteiger partial charge in [-0.15, -0.1) is 0 Å². The number of piperidine rings is 1. The molecule has 0 aromatic heterocycles. The van der Waals surface area contributed by atoms with Crippen LogP contribution in [0.15, 0.2) is 30.4 Å². The number of allylic oxidation sites excluding steroid dienone is 1. The molecule has 0 spiro atoms. The predicted molar refractivity (Wildman–Crippen MR) is 95.8 cm³/mol. The number of imide groups is 1. The van der Waals surface area contributed by atoms with Crippen molar-refractivity contribution in [2.75, 3.05) is 18.1 Å². The van der Waals surface area contributed by atoms with Crippen molar-refractivity contribution in [1.29, 1.82) is 0 Å². The van der Waals surface area contributed by atoms with E-state index in [0.717, 1.165) is 37.1 Å². The van der Waals surface area contributed by atoms with E-state index in [1.54, 1.807) is 0 Å². The number of nitrogens with zero attached hydrogens (tertiary/aromatic N) is 1. The number of nitrogens with one attached hydrogen (secondary N) is 1. The third-order valence-corrected chi connectivity index (χ3v) is 5.63. The van der Waals surface area contributed by atoms with Crippen LogP contribution in [0, 0.1) is 0 Å². The molecule has 2 heterocycles. The van der Waals surface area contributed by atoms with Gasteiger partial charge in [0.15, 0.2) is 0 Å². The Bertz CT molecular complexity index is 718. The van der Waals surface area contributed by atoms with Gasteiger partial charge < -0.3 is 9.64 Å². The summed E-state index contributed by atoms with van der Waals surface area (Å²) in [6.07, 6.45) is 5.33. The molecule has 4 rings (SSSR count). The Morgan fingerprint density at radius 1 is 1.12 bits per heavy atom. The van der Waals surface area contributed by atoms with Crippen LogP contribution in [0.2, 0.25) is 0 Å². The Hall–Kier alpha value is -2.30. The first-order valence-corrected chi connectivity index (χ1v) is 9.16. The highest BCUT2D eigenvalue weighted by molar-refractivity contribution is 6.01. The SMILES string of the molecule is C=C1CCC(c2cccc3c2OCCN3C2CCC(=O)NC2=O)CC1. The van der Waals surface area contributed by atoms with Crippen LogP contribution in [-0.4, -0.2) is 31.0 Å². The fraction of sp³-hybridized carbons (Fsp3) is 0.500. The second-order valence-electron chi connectivity index (χ2n) is 7.23. The Kier molecular flexibility index (Phi) is 4.24. The summed E-state index contributed by atoms with van der Waals surface area (Å²) < 4.78 is 6.05. The molecule has 2 fully saturated rings. The van der Waals surface area contributed by atoms with Gasteiger partial charge in [-0.2, -0.15) is 0 Å². The molecular weight excluding hydrogens is 316 g/mol. The molecule has 25 heavy (non-hydrogen) atoms. The Morgan fingerprint density at radius 2 is 1.92 bits per heavy atom. The first-order valence-electron chi connectivity index (χ1n) is 9.16. The molecule has 1 atom stereocenters. The normalized spacial score (nSPS) is 24.6. The number of fused-ring (bicyclic) bond motifs is 1. The zero-order chi connectivity index (χ0) is 17.4. The first kappa shape index (κ1) is 16.2. The van der Waals surface area contributed by atoms with Crippen LogP contribution >= 0.6 is 0 Å². The van der Waals surface area contributed by atoms with Gasteiger partial charge in [-0.3, -0.25) is 14.9 Å². The van der Waals surface area contributed by atoms with E-state index in [4.69, 9.17) is 4.74 Å². The summed E-state index contributed by atoms with van der Waals surface area (Å²) in [5, 5.41) is 2.47. The molecule has 1 aromatic carbocycles. The molecule has 1 saturated heterocycles. The second kappa shape index (κ2) is 6.54. The highest BCUT2D eigenvalue weighted by Crippen LogP contribution is 2.44. The molecule has 1 unspecified atom stereocenters. The van der Waals surface area contributed by atoms with Crippen LogP contribution in [-0.2, 0) is 9.59 Å². The van der Waals surface area contributed by atoms with Crippen molar-refractivity contribution in [1.82, 2.24) is 5.32 Å². The minimum Gasteiger partial charge on any atom is -0.489 e. The molecule has 1 N–H and O–H groups in total. The number of carbonyl (C=O) groups is 2. The van der Waals surface area contributed by atoms with E-state index in [0.29, 0.717) is 31.9 Å². The lowest BCUT2D eigenvalue weighted by Crippen LogP contribution is -2.54. The largest absolute Gasteiger partial charge is 0.489 e. The molecule has 2 amide bonds. The van der Waals surface area contributed by atoms with Gasteiger partial charge in [-0.25, -0.2) is 0 Å². The summed E-state index contributed by atoms with van der Waals surface area (Å²) in [5.41, 5.74) is 3.58. The second-order valence-corrected chi connectivity index (χ2v) is 7.23. The van der Waals surface area contributed by atoms with E-state index in [2.05, 4.69) is 28.9 Å². The van der Waals surface area contributed by atoms with Gasteiger partial charge in [0.05, 0.1) is 12.2 Å². The Morgan fingerprint density at radius 3 is 2.68 bits per heavy atom. The van der Waals surface area contributed by atoms with Gasteiger partial charge in [0.25, 0.3) is 0 Å². The lowest BCUT2D eigenvalue weighted by Gasteiger charge is -2.39. The van der Waals surface area contributed by atoms with Crippen molar-refractivity contribution in [3.05, 3.63) is 35.9 Å². The number of rotatable bonds is 2. The number of anilines is 1. The molecular formula is C20H24N2O3. The van der Waals surface area contributed by atoms with Crippen molar-refractivity contribution >= 4 is 17.5 Å². The smallest absolute Gasteiger partial charge is 0.249 e. The molecule has 0 bridgehead atoms. The highest BCUT2D eigenvalue weighted by atomic mass is 16.5. The average molecular weight is 340 g/mol. The van der Waals surface area contributed by atoms with E-state index in [1.807, 2.05) is 6.07 Å². The lowest BCUT2D eigenvalue weighted by molar-refractivity contribution is -0.134. The minimum atomic E-state index is -0.290. The molecule has 1 aromatic rings. The fourth-order valence-corrected chi connectivity index (χ4v) is 4.25. The summed E-state index contributed by atoms with van der Waals surface area (Å²) in [6.45, 7) is 5.35. The average Bonchev–Trinajstić information content (AvgIpc) is 2.62. The predicted octanol–water partition coefficient (Wildman–Crippen LogP) is 2.90. The third-order valence-electron chi connectivity index (χ3n) is 5.63. The van der Waals surface area contributed by atoms with E-state index < -0.39 is 0 Å². The molecule has 3 aliphatic rings. The number of hydrogen-bond donors (Lipinski definition) is 1. The fourth-order valence-electron chi connectivity index (χ4n) is 4.25. The molecule has 0 radical (unpaired) electrons. The summed E-state index contributed by atoms with van der Waals surface area (Å²) >= 11 is 0. The maximum Gasteiger partial charge on any atom is 0.249 e. The van der Waals surface area contributed by atoms with Gasteiger partial charge in [0, 0.05) is 6.42 Å². The van der Waals surface area contributed by atoms with Crippen molar-refractivity contribution < 1.29 is 14.3 Å². The van der Waals surface area contributed by atoms with Crippen LogP contribution in [0.25, 0.3) is 0 Å². The quantitative estimate of drug-likeness (QED) is 0.664. The molecule has 5 heteroatoms. The van der Waals surface area contributed by atoms with Gasteiger partial charge in [0.1, 0.15) is 18.4 Å². The monoisotopic (exact) mass is 340 g/mol. The zero-order valence-corrected chi connectivity index (χ0v) is 14.4. The summed E-state index contributed by atoms with van der Waals surface area (Å²) in [7, 11) is 0. The summed E-state index contributed by atoms with van der Waals surface area (Å²) in [6, 6.07) is 5.96. The molecule has 2 aliphatic heterocycles. The van der Waals surface area contributed by atoms with Gasteiger partial charge >= 0.3 is 0 Å². The van der Waals surface area contributed by atoms with Crippen molar-refractivity contribution in [2.45, 2.75) is 50.5 Å². The third kappa shape index (κ3) is 3.03. The lowest BCUT2D eigenvalue weighted by atomic mass is 9.81. The van der Waals surface area contributed by atoms with Gasteiger partial charge in [-0.05, 0) is 49.7 Å². The zero-order valence-electron chi connectivity index (χ0n) is 14.4. The summed E-state index contributed by atoms with van der Waals surface area (Å²) in [4.78, 5) is 25.9. The minimum absolute atomic E-state index is 0.175. The van der Waals surface area contributed by atoms with Crippen LogP contribution in [0.5, 0.6) is 5.75 Å². The van der Waals surface area contributed by atoms with Crippen molar-refractivity contribution in [3.63, 3.8) is 0 Å². The van der Waals surface area contributed by atoms with E-state index in [9.17, 15) is 9.59 Å². The van der Waals surface area contributed by atoms with Crippen molar-refractivity contribution in [2.24, 2.45) is 0 Å². The first-order chi connectivity index (χ1) is 12.1. The number of hydrogen-bond acceptors (Lipinski definition) is 4. The van der Waals surface area contributed by atoms with Crippen molar-refractivity contribution in [3.8, 4) is 5.75 Å². The number of benzene rings is 1. The van der Waals surface area contributed by atoms with Crippen LogP contribution in [0.1, 0.15) is 50.0 Å². The van der Waals surface area contributed by atoms with Crippen LogP contribution < -0.4 is 15.0 Å². The van der Waals surface area contributed by atoms with Gasteiger partial charge in [0.2, 0.25) is 11.8 Å². The Labute approximate surface area is 148 Å². The number of carbonyl (C=O) groups excluding carboxylic acids is 2. The van der Waals surface area contributed by atoms with Crippen LogP contribution in [0.4, 0.5) is 5.69 Å². The van der Waals surface area contributed by atoms with E-state index >= 15 is 0 Å². The highest BCUT2D eigenvalue weighted by Gasteiger charge is 2.35. The summed E-state index contributed by atoms with van der Waals surface area (Å²) in [5.74, 6) is 1.05. The molecule has 5 nitrogen and oxygen atoms in total. The maximum atomic E-state index is 12.3. The molecule has 132 valence electrons. The molecule has 1 saturated carbocycles. The number of ether oxygens (including phenoxy) is 1. The van der Waals surface area contributed by atoms with Gasteiger partial charge in [-0.1, -0.05) is 24.3 Å². The van der Waals surface area contributed by atoms with E-state index in [-0.39, 0.29) is 17.9 Å². The van der Waals surface area contributed by atoms with E-state index in [1.165, 1.54) is 11.1 Å². The Balaban J connectivity index is 1.64. The number of amides is 2. The molecule has 1 aliphatic carbocycles. The standard InChI is InChI=1S/C20H24N2O3/c1-13-5-7-14(8-6-13)15-3-2-4-16-19(15)25-12-11-22(16)17-9-10-18(23)21-20(17)24/h2-4,14,17H,1,5-12H2,(H,21,23,24). The number of para-hydroxylation sites is 1.